The van der Waals surface area contributed by atoms with Crippen LogP contribution >= 0.6 is 23.2 Å². The largest absolute Gasteiger partial charge is 0.218 e. The van der Waals surface area contributed by atoms with Crippen molar-refractivity contribution < 1.29 is 4.39 Å². The zero-order valence-corrected chi connectivity index (χ0v) is 11.5. The summed E-state index contributed by atoms with van der Waals surface area (Å²) in [6, 6.07) is 8.30. The molecule has 2 aromatic rings. The summed E-state index contributed by atoms with van der Waals surface area (Å²) in [5.74, 6) is -0.0697. The molecule has 0 aliphatic heterocycles. The van der Waals surface area contributed by atoms with Gasteiger partial charge in [-0.1, -0.05) is 47.5 Å². The maximum absolute atomic E-state index is 13.3. The van der Waals surface area contributed by atoms with Gasteiger partial charge in [0.2, 0.25) is 0 Å². The van der Waals surface area contributed by atoms with Crippen molar-refractivity contribution >= 4 is 23.2 Å². The van der Waals surface area contributed by atoms with E-state index >= 15 is 0 Å². The third-order valence-corrected chi connectivity index (χ3v) is 4.00. The quantitative estimate of drug-likeness (QED) is 0.737. The van der Waals surface area contributed by atoms with Crippen molar-refractivity contribution in [2.24, 2.45) is 0 Å². The average Bonchev–Trinajstić information content (AvgIpc) is 2.43. The highest BCUT2D eigenvalue weighted by atomic mass is 35.5. The summed E-state index contributed by atoms with van der Waals surface area (Å²) in [5, 5.41) is -0.400. The van der Waals surface area contributed by atoms with Crippen LogP contribution < -0.4 is 0 Å². The highest BCUT2D eigenvalue weighted by Gasteiger charge is 2.24. The van der Waals surface area contributed by atoms with Gasteiger partial charge in [0, 0.05) is 5.92 Å². The van der Waals surface area contributed by atoms with E-state index in [9.17, 15) is 4.39 Å². The number of aromatic nitrogens is 2. The normalized spacial score (nSPS) is 18.2. The van der Waals surface area contributed by atoms with Crippen LogP contribution in [0, 0.1) is 5.82 Å². The number of hydrogen-bond donors (Lipinski definition) is 0. The molecule has 1 aromatic heterocycles. The van der Waals surface area contributed by atoms with Gasteiger partial charge in [0.1, 0.15) is 5.82 Å². The number of fused-ring (bicyclic) bond motifs is 1. The molecule has 0 amide bonds. The molecular weight excluding hydrogens is 286 g/mol. The first kappa shape index (κ1) is 12.8. The van der Waals surface area contributed by atoms with Crippen LogP contribution in [0.1, 0.15) is 29.3 Å². The Morgan fingerprint density at radius 3 is 2.37 bits per heavy atom. The lowest BCUT2D eigenvalue weighted by Gasteiger charge is -2.23. The summed E-state index contributed by atoms with van der Waals surface area (Å²) < 4.78 is 13.3. The number of benzene rings is 1. The minimum Gasteiger partial charge on any atom is -0.218 e. The summed E-state index contributed by atoms with van der Waals surface area (Å²) in [6.45, 7) is 0. The standard InChI is InChI=1S/C14H11Cl2FN2/c15-12-11(17)13(16)19-14(18-12)10-6-5-8-3-1-2-4-9(8)7-10/h1-4,10H,5-7H2. The summed E-state index contributed by atoms with van der Waals surface area (Å²) in [4.78, 5) is 8.05. The molecule has 1 aliphatic rings. The molecule has 1 heterocycles. The van der Waals surface area contributed by atoms with Crippen LogP contribution in [0.5, 0.6) is 0 Å². The van der Waals surface area contributed by atoms with Crippen LogP contribution in [0.15, 0.2) is 24.3 Å². The third kappa shape index (κ3) is 2.45. The second-order valence-electron chi connectivity index (χ2n) is 4.69. The van der Waals surface area contributed by atoms with Crippen LogP contribution in [0.4, 0.5) is 4.39 Å². The van der Waals surface area contributed by atoms with Gasteiger partial charge in [0.05, 0.1) is 0 Å². The van der Waals surface area contributed by atoms with E-state index < -0.39 is 5.82 Å². The molecule has 1 aliphatic carbocycles. The van der Waals surface area contributed by atoms with E-state index in [2.05, 4.69) is 22.1 Å². The summed E-state index contributed by atoms with van der Waals surface area (Å²) in [7, 11) is 0. The van der Waals surface area contributed by atoms with E-state index in [-0.39, 0.29) is 16.2 Å². The second kappa shape index (κ2) is 5.06. The Morgan fingerprint density at radius 2 is 1.68 bits per heavy atom. The Labute approximate surface area is 120 Å². The van der Waals surface area contributed by atoms with Crippen molar-refractivity contribution in [2.45, 2.75) is 25.2 Å². The molecule has 1 aromatic carbocycles. The smallest absolute Gasteiger partial charge is 0.197 e. The van der Waals surface area contributed by atoms with Crippen molar-refractivity contribution in [1.82, 2.24) is 9.97 Å². The summed E-state index contributed by atoms with van der Waals surface area (Å²) in [5.41, 5.74) is 2.65. The van der Waals surface area contributed by atoms with E-state index in [1.54, 1.807) is 0 Å². The minimum atomic E-state index is -0.747. The van der Waals surface area contributed by atoms with Gasteiger partial charge in [-0.3, -0.25) is 0 Å². The van der Waals surface area contributed by atoms with Crippen molar-refractivity contribution in [3.8, 4) is 0 Å². The second-order valence-corrected chi connectivity index (χ2v) is 5.40. The molecule has 5 heteroatoms. The number of rotatable bonds is 1. The first-order valence-corrected chi connectivity index (χ1v) is 6.86. The fraction of sp³-hybridized carbons (Fsp3) is 0.286. The minimum absolute atomic E-state index is 0.144. The molecule has 1 atom stereocenters. The molecule has 0 saturated carbocycles. The molecule has 98 valence electrons. The fourth-order valence-corrected chi connectivity index (χ4v) is 2.91. The van der Waals surface area contributed by atoms with Crippen molar-refractivity contribution in [3.63, 3.8) is 0 Å². The highest BCUT2D eigenvalue weighted by Crippen LogP contribution is 2.32. The molecule has 0 N–H and O–H groups in total. The first-order chi connectivity index (χ1) is 9.15. The molecule has 0 fully saturated rings. The SMILES string of the molecule is Fc1c(Cl)nc(C2CCc3ccccc3C2)nc1Cl. The first-order valence-electron chi connectivity index (χ1n) is 6.10. The van der Waals surface area contributed by atoms with Crippen LogP contribution in [-0.2, 0) is 12.8 Å². The average molecular weight is 297 g/mol. The molecule has 0 saturated heterocycles. The van der Waals surface area contributed by atoms with Crippen molar-refractivity contribution in [1.29, 1.82) is 0 Å². The molecule has 0 radical (unpaired) electrons. The van der Waals surface area contributed by atoms with Crippen molar-refractivity contribution in [3.05, 3.63) is 57.3 Å². The van der Waals surface area contributed by atoms with Gasteiger partial charge in [-0.25, -0.2) is 14.4 Å². The number of nitrogens with zero attached hydrogens (tertiary/aromatic N) is 2. The van der Waals surface area contributed by atoms with Gasteiger partial charge in [-0.05, 0) is 30.4 Å². The van der Waals surface area contributed by atoms with Crippen LogP contribution in [-0.4, -0.2) is 9.97 Å². The maximum atomic E-state index is 13.3. The summed E-state index contributed by atoms with van der Waals surface area (Å²) >= 11 is 11.5. The predicted molar refractivity (Wildman–Crippen MR) is 73.2 cm³/mol. The number of halogens is 3. The molecule has 0 bridgehead atoms. The monoisotopic (exact) mass is 296 g/mol. The topological polar surface area (TPSA) is 25.8 Å². The third-order valence-electron chi connectivity index (χ3n) is 3.50. The Morgan fingerprint density at radius 1 is 1.05 bits per heavy atom. The molecule has 2 nitrogen and oxygen atoms in total. The van der Waals surface area contributed by atoms with Crippen LogP contribution in [0.2, 0.25) is 10.3 Å². The van der Waals surface area contributed by atoms with E-state index in [4.69, 9.17) is 23.2 Å². The van der Waals surface area contributed by atoms with Gasteiger partial charge >= 0.3 is 0 Å². The maximum Gasteiger partial charge on any atom is 0.197 e. The Kier molecular flexibility index (Phi) is 3.42. The highest BCUT2D eigenvalue weighted by molar-refractivity contribution is 6.33. The Hall–Kier alpha value is -1.19. The lowest BCUT2D eigenvalue weighted by molar-refractivity contribution is 0.542. The summed E-state index contributed by atoms with van der Waals surface area (Å²) in [6.07, 6.45) is 2.74. The number of aryl methyl sites for hydroxylation is 1. The zero-order valence-electron chi connectivity index (χ0n) is 10.0. The Bertz CT molecular complexity index is 608. The molecule has 19 heavy (non-hydrogen) atoms. The predicted octanol–water partition coefficient (Wildman–Crippen LogP) is 4.20. The molecular formula is C14H11Cl2FN2. The van der Waals surface area contributed by atoms with E-state index in [1.165, 1.54) is 11.1 Å². The van der Waals surface area contributed by atoms with Gasteiger partial charge < -0.3 is 0 Å². The van der Waals surface area contributed by atoms with E-state index in [0.717, 1.165) is 19.3 Å². The fourth-order valence-electron chi connectivity index (χ4n) is 2.51. The van der Waals surface area contributed by atoms with Gasteiger partial charge in [0.15, 0.2) is 16.1 Å². The lowest BCUT2D eigenvalue weighted by atomic mass is 9.83. The molecule has 3 rings (SSSR count). The Balaban J connectivity index is 1.93. The molecule has 0 spiro atoms. The van der Waals surface area contributed by atoms with E-state index in [0.29, 0.717) is 5.82 Å². The van der Waals surface area contributed by atoms with Crippen LogP contribution in [0.3, 0.4) is 0 Å². The van der Waals surface area contributed by atoms with Gasteiger partial charge in [-0.2, -0.15) is 0 Å². The zero-order chi connectivity index (χ0) is 13.4. The van der Waals surface area contributed by atoms with Gasteiger partial charge in [0.25, 0.3) is 0 Å². The van der Waals surface area contributed by atoms with E-state index in [1.807, 2.05) is 12.1 Å². The molecule has 1 unspecified atom stereocenters. The lowest BCUT2D eigenvalue weighted by Crippen LogP contribution is -2.15. The van der Waals surface area contributed by atoms with Crippen LogP contribution in [0.25, 0.3) is 0 Å². The van der Waals surface area contributed by atoms with Gasteiger partial charge in [-0.15, -0.1) is 0 Å². The van der Waals surface area contributed by atoms with Crippen molar-refractivity contribution in [2.75, 3.05) is 0 Å². The number of hydrogen-bond acceptors (Lipinski definition) is 2.